The van der Waals surface area contributed by atoms with E-state index < -0.39 is 18.1 Å². The van der Waals surface area contributed by atoms with Crippen LogP contribution in [0.5, 0.6) is 0 Å². The molecule has 4 heteroatoms. The van der Waals surface area contributed by atoms with Gasteiger partial charge in [-0.15, -0.1) is 6.58 Å². The van der Waals surface area contributed by atoms with Crippen molar-refractivity contribution in [1.82, 2.24) is 9.63 Å². The van der Waals surface area contributed by atoms with Crippen LogP contribution < -0.4 is 9.63 Å². The predicted octanol–water partition coefficient (Wildman–Crippen LogP) is 2.27. The molecule has 0 heterocycles. The minimum atomic E-state index is -0.924. The van der Waals surface area contributed by atoms with E-state index in [0.717, 1.165) is 0 Å². The quantitative estimate of drug-likeness (QED) is 0.716. The van der Waals surface area contributed by atoms with Crippen molar-refractivity contribution >= 4 is 18.1 Å². The average molecular weight is 225 g/mol. The molecule has 0 aliphatic rings. The summed E-state index contributed by atoms with van der Waals surface area (Å²) in [6.45, 7) is 8.30. The summed E-state index contributed by atoms with van der Waals surface area (Å²) >= 11 is 0. The van der Waals surface area contributed by atoms with Gasteiger partial charge in [0.15, 0.2) is 0 Å². The molecule has 0 aromatic rings. The van der Waals surface area contributed by atoms with Gasteiger partial charge in [-0.05, 0) is 7.05 Å². The van der Waals surface area contributed by atoms with Gasteiger partial charge >= 0.3 is 0 Å². The molecule has 2 nitrogen and oxygen atoms in total. The van der Waals surface area contributed by atoms with E-state index in [1.54, 1.807) is 0 Å². The largest absolute Gasteiger partial charge is 0.349 e. The molecule has 2 N–H and O–H groups in total. The van der Waals surface area contributed by atoms with Gasteiger partial charge in [-0.3, -0.25) is 0 Å². The molecule has 0 aromatic heterocycles. The average Bonchev–Trinajstić information content (AvgIpc) is 1.82. The summed E-state index contributed by atoms with van der Waals surface area (Å²) in [5, 5.41) is 0. The maximum atomic E-state index is 3.74. The molecule has 0 saturated heterocycles. The first-order valence-corrected chi connectivity index (χ1v) is 7.97. The SMILES string of the molecule is C.C.C.C.C=C[SiH](NC)N[SiH](C)C. The normalized spacial score (nSPS) is 9.54. The van der Waals surface area contributed by atoms with E-state index in [9.17, 15) is 0 Å². The van der Waals surface area contributed by atoms with Crippen LogP contribution in [0.2, 0.25) is 13.1 Å². The fourth-order valence-electron chi connectivity index (χ4n) is 0.628. The lowest BCUT2D eigenvalue weighted by molar-refractivity contribution is 1.17. The third-order valence-electron chi connectivity index (χ3n) is 1.06. The van der Waals surface area contributed by atoms with Crippen molar-refractivity contribution in [3.8, 4) is 0 Å². The Hall–Kier alpha value is 0.0938. The molecule has 1 atom stereocenters. The van der Waals surface area contributed by atoms with Crippen LogP contribution in [0, 0.1) is 0 Å². The van der Waals surface area contributed by atoms with E-state index in [0.29, 0.717) is 0 Å². The summed E-state index contributed by atoms with van der Waals surface area (Å²) < 4.78 is 3.53. The van der Waals surface area contributed by atoms with Crippen molar-refractivity contribution in [3.05, 3.63) is 12.3 Å². The first-order chi connectivity index (χ1) is 4.20. The predicted molar refractivity (Wildman–Crippen MR) is 75.3 cm³/mol. The first kappa shape index (κ1) is 29.2. The van der Waals surface area contributed by atoms with E-state index in [4.69, 9.17) is 0 Å². The minimum Gasteiger partial charge on any atom is -0.349 e. The van der Waals surface area contributed by atoms with Crippen LogP contribution in [0.1, 0.15) is 29.7 Å². The smallest absolute Gasteiger partial charge is 0.202 e. The van der Waals surface area contributed by atoms with Crippen molar-refractivity contribution in [2.24, 2.45) is 0 Å². The summed E-state index contributed by atoms with van der Waals surface area (Å²) in [7, 11) is 0.478. The summed E-state index contributed by atoms with van der Waals surface area (Å²) in [5.74, 6) is 0. The second kappa shape index (κ2) is 18.0. The van der Waals surface area contributed by atoms with Crippen molar-refractivity contribution in [1.29, 1.82) is 0 Å². The van der Waals surface area contributed by atoms with Crippen molar-refractivity contribution in [2.45, 2.75) is 42.8 Å². The van der Waals surface area contributed by atoms with Gasteiger partial charge in [0.1, 0.15) is 0 Å². The topological polar surface area (TPSA) is 24.1 Å². The van der Waals surface area contributed by atoms with E-state index in [1.165, 1.54) is 0 Å². The second-order valence-corrected chi connectivity index (χ2v) is 7.97. The molecule has 13 heavy (non-hydrogen) atoms. The van der Waals surface area contributed by atoms with Crippen molar-refractivity contribution in [3.63, 3.8) is 0 Å². The Morgan fingerprint density at radius 1 is 1.08 bits per heavy atom. The molecule has 0 bridgehead atoms. The van der Waals surface area contributed by atoms with Crippen LogP contribution in [-0.2, 0) is 0 Å². The van der Waals surface area contributed by atoms with Crippen LogP contribution >= 0.6 is 0 Å². The Kier molecular flexibility index (Phi) is 40.5. The third kappa shape index (κ3) is 18.8. The fraction of sp³-hybridized carbons (Fsp3) is 0.778. The summed E-state index contributed by atoms with van der Waals surface area (Å²) in [6, 6.07) is 0. The lowest BCUT2D eigenvalue weighted by Gasteiger charge is -2.13. The number of hydrogen-bond donors (Lipinski definition) is 2. The molecule has 0 radical (unpaired) electrons. The van der Waals surface area contributed by atoms with Gasteiger partial charge in [-0.25, -0.2) is 0 Å². The standard InChI is InChI=1S/C5H16N2Si2.4CH4/c1-5-9(6-2)7-8(3)4;;;;/h5-9H,1H2,2-4H3;4*1H4. The lowest BCUT2D eigenvalue weighted by Crippen LogP contribution is -2.49. The van der Waals surface area contributed by atoms with Crippen LogP contribution in [-0.4, -0.2) is 25.1 Å². The molecule has 0 aliphatic heterocycles. The van der Waals surface area contributed by atoms with E-state index in [-0.39, 0.29) is 29.7 Å². The van der Waals surface area contributed by atoms with Gasteiger partial charge in [0.2, 0.25) is 9.12 Å². The monoisotopic (exact) mass is 224 g/mol. The fourth-order valence-corrected chi connectivity index (χ4v) is 4.95. The Labute approximate surface area is 90.3 Å². The lowest BCUT2D eigenvalue weighted by atomic mass is 11.3. The van der Waals surface area contributed by atoms with Gasteiger partial charge < -0.3 is 9.63 Å². The van der Waals surface area contributed by atoms with Crippen LogP contribution in [0.15, 0.2) is 12.3 Å². The van der Waals surface area contributed by atoms with E-state index >= 15 is 0 Å². The molecule has 0 rings (SSSR count). The number of nitrogens with one attached hydrogen (secondary N) is 2. The highest BCUT2D eigenvalue weighted by Crippen LogP contribution is 1.75. The summed E-state index contributed by atoms with van der Waals surface area (Å²) in [4.78, 5) is 3.23. The maximum absolute atomic E-state index is 3.74. The Bertz CT molecular complexity index is 87.7. The molecular formula is C9H32N2Si2. The molecule has 0 spiro atoms. The van der Waals surface area contributed by atoms with Gasteiger partial charge in [0, 0.05) is 0 Å². The highest BCUT2D eigenvalue weighted by molar-refractivity contribution is 6.73. The molecule has 0 aromatic carbocycles. The molecule has 0 fully saturated rings. The Morgan fingerprint density at radius 2 is 1.46 bits per heavy atom. The van der Waals surface area contributed by atoms with Crippen molar-refractivity contribution in [2.75, 3.05) is 7.05 Å². The van der Waals surface area contributed by atoms with E-state index in [2.05, 4.69) is 29.3 Å². The van der Waals surface area contributed by atoms with Gasteiger partial charge in [0.25, 0.3) is 0 Å². The molecule has 0 aliphatic carbocycles. The Morgan fingerprint density at radius 3 is 1.54 bits per heavy atom. The molecule has 0 amide bonds. The van der Waals surface area contributed by atoms with E-state index in [1.807, 2.05) is 12.7 Å². The third-order valence-corrected chi connectivity index (χ3v) is 6.26. The van der Waals surface area contributed by atoms with Crippen molar-refractivity contribution < 1.29 is 0 Å². The molecule has 86 valence electrons. The number of hydrogen-bond acceptors (Lipinski definition) is 2. The molecular weight excluding hydrogens is 192 g/mol. The second-order valence-electron chi connectivity index (χ2n) is 2.32. The zero-order chi connectivity index (χ0) is 7.28. The van der Waals surface area contributed by atoms with Gasteiger partial charge in [-0.2, -0.15) is 0 Å². The first-order valence-electron chi connectivity index (χ1n) is 3.26. The molecule has 1 unspecified atom stereocenters. The molecule has 0 saturated carbocycles. The summed E-state index contributed by atoms with van der Waals surface area (Å²) in [5.41, 5.74) is 2.02. The van der Waals surface area contributed by atoms with Crippen LogP contribution in [0.4, 0.5) is 0 Å². The highest BCUT2D eigenvalue weighted by Gasteiger charge is 2.03. The van der Waals surface area contributed by atoms with Crippen LogP contribution in [0.25, 0.3) is 0 Å². The van der Waals surface area contributed by atoms with Gasteiger partial charge in [-0.1, -0.05) is 48.5 Å². The number of rotatable bonds is 4. The zero-order valence-electron chi connectivity index (χ0n) is 6.44. The van der Waals surface area contributed by atoms with Gasteiger partial charge in [0.05, 0.1) is 8.96 Å². The minimum absolute atomic E-state index is 0. The summed E-state index contributed by atoms with van der Waals surface area (Å²) in [6.07, 6.45) is 0. The maximum Gasteiger partial charge on any atom is 0.202 e. The van der Waals surface area contributed by atoms with Crippen LogP contribution in [0.3, 0.4) is 0 Å². The Balaban J connectivity index is -0.0000000533. The zero-order valence-corrected chi connectivity index (χ0v) is 8.75. The highest BCUT2D eigenvalue weighted by atomic mass is 28.4.